The van der Waals surface area contributed by atoms with Gasteiger partial charge in [-0.25, -0.2) is 28.6 Å². The summed E-state index contributed by atoms with van der Waals surface area (Å²) < 4.78 is 63.4. The molecule has 10 N–H and O–H groups in total. The van der Waals surface area contributed by atoms with Gasteiger partial charge in [0.05, 0.1) is 33.2 Å². The molecule has 0 saturated carbocycles. The number of carbonyl (C=O) groups is 4. The van der Waals surface area contributed by atoms with E-state index in [0.717, 1.165) is 37.4 Å². The van der Waals surface area contributed by atoms with Crippen molar-refractivity contribution in [3.05, 3.63) is 67.9 Å². The number of phosphoric acid groups is 3. The minimum atomic E-state index is -5.60. The van der Waals surface area contributed by atoms with Crippen molar-refractivity contribution in [1.29, 1.82) is 0 Å². The molecule has 1 aliphatic rings. The van der Waals surface area contributed by atoms with Crippen LogP contribution in [0.4, 0.5) is 5.82 Å². The normalized spacial score (nSPS) is 20.6. The number of nitrogens with zero attached hydrogens (tertiary/aromatic N) is 4. The summed E-state index contributed by atoms with van der Waals surface area (Å²) in [6.07, 6.45) is -7.05. The molecule has 0 radical (unpaired) electrons. The Hall–Kier alpha value is -3.12. The molecular formula is C35H45IN7O18P3S2. The molecule has 1 aliphatic heterocycles. The zero-order chi connectivity index (χ0) is 48.8. The van der Waals surface area contributed by atoms with Crippen LogP contribution in [0.15, 0.2) is 49.1 Å². The van der Waals surface area contributed by atoms with Crippen molar-refractivity contribution < 1.29 is 85.3 Å². The predicted molar refractivity (Wildman–Crippen MR) is 242 cm³/mol. The first-order valence-electron chi connectivity index (χ1n) is 19.2. The molecule has 66 heavy (non-hydrogen) atoms. The SMILES string of the molecule is CC(C(=O)SCCNC(=O)CCNC(=O)C(O)C(C)(C)COP(=O)(O)OP(=O)(O)OCC1OC(n2cnc3c(N)ncnc32)C(O)C1OP(=O)(O)O)c1ccc(C(=O)c2ccc(I)s2)cc1. The summed E-state index contributed by atoms with van der Waals surface area (Å²) in [5.74, 6) is -1.85. The van der Waals surface area contributed by atoms with Gasteiger partial charge in [0.15, 0.2) is 22.8 Å². The molecule has 4 heterocycles. The number of rotatable bonds is 23. The molecule has 0 bridgehead atoms. The fraction of sp³-hybridized carbons (Fsp3) is 0.457. The van der Waals surface area contributed by atoms with Gasteiger partial charge in [-0.15, -0.1) is 11.3 Å². The average Bonchev–Trinajstić information content (AvgIpc) is 3.96. The minimum absolute atomic E-state index is 0.0231. The smallest absolute Gasteiger partial charge is 0.386 e. The molecule has 3 aromatic heterocycles. The van der Waals surface area contributed by atoms with E-state index in [9.17, 15) is 62.7 Å². The number of amides is 2. The molecule has 1 aromatic carbocycles. The molecule has 25 nitrogen and oxygen atoms in total. The second-order valence-corrected chi connectivity index (χ2v) is 23.3. The maximum atomic E-state index is 12.8. The molecule has 1 saturated heterocycles. The second-order valence-electron chi connectivity index (χ2n) is 15.0. The molecule has 0 spiro atoms. The molecule has 5 rings (SSSR count). The lowest BCUT2D eigenvalue weighted by Crippen LogP contribution is -2.46. The first-order chi connectivity index (χ1) is 30.8. The number of imidazole rings is 1. The summed E-state index contributed by atoms with van der Waals surface area (Å²) in [5, 5.41) is 26.4. The van der Waals surface area contributed by atoms with E-state index in [2.05, 4.69) is 57.0 Å². The van der Waals surface area contributed by atoms with Gasteiger partial charge in [0.1, 0.15) is 36.3 Å². The molecule has 8 atom stereocenters. The Kier molecular flexibility index (Phi) is 18.4. The van der Waals surface area contributed by atoms with Crippen LogP contribution < -0.4 is 16.4 Å². The molecular weight excluding hydrogens is 1090 g/mol. The number of benzene rings is 1. The lowest BCUT2D eigenvalue weighted by Gasteiger charge is -2.30. The van der Waals surface area contributed by atoms with E-state index in [1.165, 1.54) is 25.2 Å². The molecule has 362 valence electrons. The fourth-order valence-corrected chi connectivity index (χ4v) is 11.2. The number of halogens is 1. The van der Waals surface area contributed by atoms with Crippen LogP contribution in [0.5, 0.6) is 0 Å². The highest BCUT2D eigenvalue weighted by Gasteiger charge is 2.50. The van der Waals surface area contributed by atoms with Crippen LogP contribution in [0.1, 0.15) is 60.1 Å². The van der Waals surface area contributed by atoms with E-state index in [0.29, 0.717) is 10.4 Å². The van der Waals surface area contributed by atoms with Crippen molar-refractivity contribution in [3.63, 3.8) is 0 Å². The van der Waals surface area contributed by atoms with Gasteiger partial charge < -0.3 is 50.9 Å². The fourth-order valence-electron chi connectivity index (χ4n) is 6.04. The number of thioether (sulfide) groups is 1. The number of carbonyl (C=O) groups excluding carboxylic acids is 4. The number of aromatic nitrogens is 4. The molecule has 1 fully saturated rings. The second kappa shape index (κ2) is 22.5. The number of nitrogens with two attached hydrogens (primary N) is 1. The third-order valence-corrected chi connectivity index (χ3v) is 15.6. The summed E-state index contributed by atoms with van der Waals surface area (Å²) in [4.78, 5) is 102. The maximum Gasteiger partial charge on any atom is 0.481 e. The Morgan fingerprint density at radius 3 is 2.33 bits per heavy atom. The quantitative estimate of drug-likeness (QED) is 0.0223. The third-order valence-electron chi connectivity index (χ3n) is 9.57. The number of ketones is 1. The van der Waals surface area contributed by atoms with Crippen molar-refractivity contribution in [2.24, 2.45) is 5.41 Å². The summed E-state index contributed by atoms with van der Waals surface area (Å²) in [6, 6.07) is 10.4. The van der Waals surface area contributed by atoms with Gasteiger partial charge >= 0.3 is 23.5 Å². The number of phosphoric ester groups is 3. The lowest BCUT2D eigenvalue weighted by atomic mass is 9.87. The van der Waals surface area contributed by atoms with Gasteiger partial charge in [-0.05, 0) is 40.3 Å². The molecule has 2 amide bonds. The van der Waals surface area contributed by atoms with Crippen LogP contribution in [-0.2, 0) is 50.7 Å². The number of nitrogen functional groups attached to an aromatic ring is 1. The molecule has 8 unspecified atom stereocenters. The molecule has 31 heteroatoms. The van der Waals surface area contributed by atoms with Gasteiger partial charge in [-0.2, -0.15) is 4.31 Å². The lowest BCUT2D eigenvalue weighted by molar-refractivity contribution is -0.137. The highest BCUT2D eigenvalue weighted by atomic mass is 127. The van der Waals surface area contributed by atoms with Crippen LogP contribution in [0, 0.1) is 8.30 Å². The number of ether oxygens (including phenoxy) is 1. The Balaban J connectivity index is 1.01. The third kappa shape index (κ3) is 14.7. The number of hydrogen-bond donors (Lipinski definition) is 9. The zero-order valence-corrected chi connectivity index (χ0v) is 41.3. The number of aliphatic hydroxyl groups excluding tert-OH is 2. The van der Waals surface area contributed by atoms with E-state index >= 15 is 0 Å². The average molecular weight is 1140 g/mol. The zero-order valence-electron chi connectivity index (χ0n) is 34.8. The summed E-state index contributed by atoms with van der Waals surface area (Å²) in [5.41, 5.74) is 5.47. The maximum absolute atomic E-state index is 12.8. The van der Waals surface area contributed by atoms with E-state index in [1.807, 2.05) is 6.07 Å². The van der Waals surface area contributed by atoms with E-state index in [-0.39, 0.29) is 53.1 Å². The summed E-state index contributed by atoms with van der Waals surface area (Å²) in [6.45, 7) is 2.07. The first kappa shape index (κ1) is 53.8. The predicted octanol–water partition coefficient (Wildman–Crippen LogP) is 2.37. The highest BCUT2D eigenvalue weighted by molar-refractivity contribution is 14.1. The number of thiophene rings is 1. The number of hydrogen-bond acceptors (Lipinski definition) is 20. The number of nitrogens with one attached hydrogen (secondary N) is 2. The van der Waals surface area contributed by atoms with Crippen molar-refractivity contribution in [2.45, 2.75) is 63.8 Å². The monoisotopic (exact) mass is 1140 g/mol. The van der Waals surface area contributed by atoms with E-state index in [4.69, 9.17) is 19.5 Å². The Labute approximate surface area is 397 Å². The highest BCUT2D eigenvalue weighted by Crippen LogP contribution is 2.61. The standard InChI is InChI=1S/C35H45IN7O18P3S2/c1-18(19-4-6-20(7-5-19)26(45)22-8-9-23(36)66-22)34(49)65-13-12-38-24(44)10-11-39-32(48)29(47)35(2,3)15-58-64(55,56)61-63(53,54)57-14-21-28(60-62(50,51)52)27(46)33(59-21)43-17-42-25-30(37)40-16-41-31(25)43/h4-9,16-18,21,27-29,33,46-47H,10-15H2,1-3H3,(H,38,44)(H,39,48)(H,53,54)(H,55,56)(H2,37,40,41)(H2,50,51,52). The van der Waals surface area contributed by atoms with Crippen molar-refractivity contribution in [2.75, 3.05) is 37.8 Å². The van der Waals surface area contributed by atoms with Gasteiger partial charge in [0, 0.05) is 36.2 Å². The van der Waals surface area contributed by atoms with Crippen LogP contribution in [0.25, 0.3) is 11.2 Å². The summed E-state index contributed by atoms with van der Waals surface area (Å²) in [7, 11) is -16.5. The molecule has 4 aromatic rings. The Morgan fingerprint density at radius 1 is 1.00 bits per heavy atom. The number of aliphatic hydroxyl groups is 2. The van der Waals surface area contributed by atoms with Gasteiger partial charge in [0.25, 0.3) is 0 Å². The van der Waals surface area contributed by atoms with Crippen molar-refractivity contribution in [3.8, 4) is 0 Å². The minimum Gasteiger partial charge on any atom is -0.386 e. The van der Waals surface area contributed by atoms with E-state index in [1.54, 1.807) is 37.3 Å². The largest absolute Gasteiger partial charge is 0.481 e. The van der Waals surface area contributed by atoms with Crippen molar-refractivity contribution in [1.82, 2.24) is 30.2 Å². The van der Waals surface area contributed by atoms with Crippen LogP contribution in [0.3, 0.4) is 0 Å². The Bertz CT molecular complexity index is 2550. The van der Waals surface area contributed by atoms with Gasteiger partial charge in [-0.1, -0.05) is 56.8 Å². The topological polar surface area (TPSA) is 381 Å². The number of fused-ring (bicyclic) bond motifs is 1. The van der Waals surface area contributed by atoms with Crippen LogP contribution in [0.2, 0.25) is 0 Å². The van der Waals surface area contributed by atoms with Gasteiger partial charge in [-0.3, -0.25) is 37.3 Å². The van der Waals surface area contributed by atoms with Crippen molar-refractivity contribution >= 4 is 109 Å². The molecule has 0 aliphatic carbocycles. The number of anilines is 1. The summed E-state index contributed by atoms with van der Waals surface area (Å²) >= 11 is 4.55. The van der Waals surface area contributed by atoms with Gasteiger partial charge in [0.2, 0.25) is 17.6 Å². The van der Waals surface area contributed by atoms with Crippen LogP contribution in [-0.4, -0.2) is 128 Å². The first-order valence-corrected chi connectivity index (χ1v) is 26.6. The Morgan fingerprint density at radius 2 is 1.68 bits per heavy atom. The van der Waals surface area contributed by atoms with Crippen LogP contribution >= 0.6 is 69.2 Å². The van der Waals surface area contributed by atoms with E-state index < -0.39 is 90.5 Å².